The summed E-state index contributed by atoms with van der Waals surface area (Å²) in [4.78, 5) is 16.9. The summed E-state index contributed by atoms with van der Waals surface area (Å²) < 4.78 is 1.70. The van der Waals surface area contributed by atoms with Crippen LogP contribution in [-0.2, 0) is 4.79 Å². The van der Waals surface area contributed by atoms with Crippen LogP contribution in [0.25, 0.3) is 5.69 Å². The van der Waals surface area contributed by atoms with Crippen LogP contribution in [0.3, 0.4) is 0 Å². The van der Waals surface area contributed by atoms with Crippen LogP contribution in [0.2, 0.25) is 0 Å². The summed E-state index contributed by atoms with van der Waals surface area (Å²) in [5, 5.41) is 4.07. The van der Waals surface area contributed by atoms with Gasteiger partial charge in [0.25, 0.3) is 0 Å². The van der Waals surface area contributed by atoms with Crippen molar-refractivity contribution in [1.82, 2.24) is 19.7 Å². The Morgan fingerprint density at radius 1 is 1.33 bits per heavy atom. The van der Waals surface area contributed by atoms with Gasteiger partial charge in [0.2, 0.25) is 5.91 Å². The van der Waals surface area contributed by atoms with Gasteiger partial charge < -0.3 is 4.90 Å². The fourth-order valence-corrected chi connectivity index (χ4v) is 1.74. The van der Waals surface area contributed by atoms with Crippen molar-refractivity contribution < 1.29 is 4.79 Å². The van der Waals surface area contributed by atoms with Crippen molar-refractivity contribution >= 4 is 5.91 Å². The molecule has 1 unspecified atom stereocenters. The first kappa shape index (κ1) is 12.3. The van der Waals surface area contributed by atoms with Crippen molar-refractivity contribution in [2.45, 2.75) is 19.9 Å². The molecule has 0 bridgehead atoms. The summed E-state index contributed by atoms with van der Waals surface area (Å²) in [7, 11) is 1.80. The van der Waals surface area contributed by atoms with Crippen LogP contribution in [0.1, 0.15) is 25.5 Å². The Hall–Kier alpha value is -2.17. The molecule has 1 heterocycles. The minimum atomic E-state index is 0.0582. The van der Waals surface area contributed by atoms with Crippen molar-refractivity contribution in [3.8, 4) is 5.69 Å². The number of carbonyl (C=O) groups excluding carboxylic acids is 1. The molecule has 0 spiro atoms. The van der Waals surface area contributed by atoms with E-state index in [4.69, 9.17) is 0 Å². The van der Waals surface area contributed by atoms with Gasteiger partial charge in [-0.1, -0.05) is 12.1 Å². The number of benzene rings is 1. The van der Waals surface area contributed by atoms with E-state index in [1.54, 1.807) is 29.9 Å². The third-order valence-electron chi connectivity index (χ3n) is 3.14. The lowest BCUT2D eigenvalue weighted by Crippen LogP contribution is -2.27. The Morgan fingerprint density at radius 2 is 2.00 bits per heavy atom. The number of rotatable bonds is 3. The second-order valence-corrected chi connectivity index (χ2v) is 4.24. The molecule has 2 aromatic rings. The lowest BCUT2D eigenvalue weighted by Gasteiger charge is -2.24. The van der Waals surface area contributed by atoms with E-state index in [1.807, 2.05) is 31.2 Å². The molecule has 0 aliphatic rings. The lowest BCUT2D eigenvalue weighted by molar-refractivity contribution is -0.129. The second-order valence-electron chi connectivity index (χ2n) is 4.24. The summed E-state index contributed by atoms with van der Waals surface area (Å²) in [6.07, 6.45) is 3.15. The van der Waals surface area contributed by atoms with Gasteiger partial charge in [-0.25, -0.2) is 9.67 Å². The van der Waals surface area contributed by atoms with E-state index in [9.17, 15) is 4.79 Å². The molecule has 0 N–H and O–H groups in total. The first-order valence-electron chi connectivity index (χ1n) is 5.78. The predicted octanol–water partition coefficient (Wildman–Crippen LogP) is 1.81. The smallest absolute Gasteiger partial charge is 0.219 e. The molecular formula is C13H16N4O. The normalized spacial score (nSPS) is 12.2. The SMILES string of the molecule is CC(=O)N(C)C(C)c1ccc(-n2cncn2)cc1. The third kappa shape index (κ3) is 2.40. The van der Waals surface area contributed by atoms with Crippen LogP contribution in [0.5, 0.6) is 0 Å². The number of nitrogens with zero attached hydrogens (tertiary/aromatic N) is 4. The summed E-state index contributed by atoms with van der Waals surface area (Å²) in [5.74, 6) is 0.0582. The summed E-state index contributed by atoms with van der Waals surface area (Å²) in [6, 6.07) is 8.00. The van der Waals surface area contributed by atoms with Crippen LogP contribution >= 0.6 is 0 Å². The highest BCUT2D eigenvalue weighted by Crippen LogP contribution is 2.20. The molecular weight excluding hydrogens is 228 g/mol. The first-order valence-corrected chi connectivity index (χ1v) is 5.78. The number of hydrogen-bond acceptors (Lipinski definition) is 3. The summed E-state index contributed by atoms with van der Waals surface area (Å²) in [6.45, 7) is 3.58. The average molecular weight is 244 g/mol. The van der Waals surface area contributed by atoms with E-state index >= 15 is 0 Å². The van der Waals surface area contributed by atoms with Gasteiger partial charge in [-0.2, -0.15) is 5.10 Å². The predicted molar refractivity (Wildman–Crippen MR) is 68.2 cm³/mol. The van der Waals surface area contributed by atoms with E-state index in [-0.39, 0.29) is 11.9 Å². The Morgan fingerprint density at radius 3 is 2.50 bits per heavy atom. The number of aromatic nitrogens is 3. The molecule has 1 aromatic heterocycles. The fraction of sp³-hybridized carbons (Fsp3) is 0.308. The molecule has 1 amide bonds. The zero-order chi connectivity index (χ0) is 13.1. The van der Waals surface area contributed by atoms with E-state index in [1.165, 1.54) is 6.33 Å². The molecule has 0 fully saturated rings. The van der Waals surface area contributed by atoms with Gasteiger partial charge in [0.1, 0.15) is 12.7 Å². The van der Waals surface area contributed by atoms with Gasteiger partial charge in [-0.05, 0) is 24.6 Å². The van der Waals surface area contributed by atoms with Gasteiger partial charge in [0, 0.05) is 14.0 Å². The first-order chi connectivity index (χ1) is 8.59. The van der Waals surface area contributed by atoms with Crippen LogP contribution in [0.15, 0.2) is 36.9 Å². The summed E-state index contributed by atoms with van der Waals surface area (Å²) >= 11 is 0. The van der Waals surface area contributed by atoms with Crippen molar-refractivity contribution in [2.24, 2.45) is 0 Å². The van der Waals surface area contributed by atoms with Gasteiger partial charge in [0.15, 0.2) is 0 Å². The van der Waals surface area contributed by atoms with Crippen molar-refractivity contribution in [3.05, 3.63) is 42.5 Å². The quantitative estimate of drug-likeness (QED) is 0.827. The molecule has 94 valence electrons. The Kier molecular flexibility index (Phi) is 3.41. The topological polar surface area (TPSA) is 51.0 Å². The van der Waals surface area contributed by atoms with E-state index < -0.39 is 0 Å². The standard InChI is InChI=1S/C13H16N4O/c1-10(16(3)11(2)18)12-4-6-13(7-5-12)17-9-14-8-15-17/h4-10H,1-3H3. The maximum atomic E-state index is 11.3. The highest BCUT2D eigenvalue weighted by molar-refractivity contribution is 5.73. The number of carbonyl (C=O) groups is 1. The molecule has 0 radical (unpaired) electrons. The van der Waals surface area contributed by atoms with Gasteiger partial charge >= 0.3 is 0 Å². The molecule has 2 rings (SSSR count). The zero-order valence-electron chi connectivity index (χ0n) is 10.7. The highest BCUT2D eigenvalue weighted by Gasteiger charge is 2.13. The minimum absolute atomic E-state index is 0.0582. The Balaban J connectivity index is 2.20. The molecule has 5 nitrogen and oxygen atoms in total. The van der Waals surface area contributed by atoms with Crippen molar-refractivity contribution in [2.75, 3.05) is 7.05 Å². The number of hydrogen-bond donors (Lipinski definition) is 0. The largest absolute Gasteiger partial charge is 0.339 e. The van der Waals surface area contributed by atoms with E-state index in [2.05, 4.69) is 10.1 Å². The van der Waals surface area contributed by atoms with Gasteiger partial charge in [0.05, 0.1) is 11.7 Å². The van der Waals surface area contributed by atoms with Crippen molar-refractivity contribution in [1.29, 1.82) is 0 Å². The maximum Gasteiger partial charge on any atom is 0.219 e. The third-order valence-corrected chi connectivity index (χ3v) is 3.14. The Bertz CT molecular complexity index is 518. The van der Waals surface area contributed by atoms with Crippen LogP contribution < -0.4 is 0 Å². The van der Waals surface area contributed by atoms with Crippen molar-refractivity contribution in [3.63, 3.8) is 0 Å². The van der Waals surface area contributed by atoms with Gasteiger partial charge in [-0.3, -0.25) is 4.79 Å². The highest BCUT2D eigenvalue weighted by atomic mass is 16.2. The van der Waals surface area contributed by atoms with Crippen LogP contribution in [0.4, 0.5) is 0 Å². The Labute approximate surface area is 106 Å². The zero-order valence-corrected chi connectivity index (χ0v) is 10.7. The molecule has 1 aromatic carbocycles. The average Bonchev–Trinajstić information content (AvgIpc) is 2.91. The monoisotopic (exact) mass is 244 g/mol. The number of amides is 1. The lowest BCUT2D eigenvalue weighted by atomic mass is 10.1. The second kappa shape index (κ2) is 5.00. The van der Waals surface area contributed by atoms with Gasteiger partial charge in [-0.15, -0.1) is 0 Å². The maximum absolute atomic E-state index is 11.3. The van der Waals surface area contributed by atoms with E-state index in [0.717, 1.165) is 11.3 Å². The molecule has 0 saturated carbocycles. The van der Waals surface area contributed by atoms with Crippen LogP contribution in [0, 0.1) is 0 Å². The molecule has 5 heteroatoms. The molecule has 0 aliphatic carbocycles. The molecule has 18 heavy (non-hydrogen) atoms. The molecule has 0 aliphatic heterocycles. The van der Waals surface area contributed by atoms with Crippen LogP contribution in [-0.4, -0.2) is 32.6 Å². The molecule has 0 saturated heterocycles. The minimum Gasteiger partial charge on any atom is -0.339 e. The fourth-order valence-electron chi connectivity index (χ4n) is 1.74. The molecule has 1 atom stereocenters. The summed E-state index contributed by atoms with van der Waals surface area (Å²) in [5.41, 5.74) is 2.05. The van der Waals surface area contributed by atoms with E-state index in [0.29, 0.717) is 0 Å².